The zero-order valence-electron chi connectivity index (χ0n) is 5.59. The van der Waals surface area contributed by atoms with Crippen molar-refractivity contribution < 1.29 is 0 Å². The van der Waals surface area contributed by atoms with Crippen molar-refractivity contribution in [2.24, 2.45) is 5.73 Å². The van der Waals surface area contributed by atoms with Crippen LogP contribution in [0.15, 0.2) is 23.9 Å². The third-order valence-corrected chi connectivity index (χ3v) is 0.796. The first-order valence-electron chi connectivity index (χ1n) is 2.89. The molecule has 0 saturated carbocycles. The van der Waals surface area contributed by atoms with Gasteiger partial charge in [0.25, 0.3) is 0 Å². The van der Waals surface area contributed by atoms with E-state index in [1.807, 2.05) is 13.0 Å². The van der Waals surface area contributed by atoms with Gasteiger partial charge >= 0.3 is 0 Å². The van der Waals surface area contributed by atoms with Crippen LogP contribution in [0.25, 0.3) is 0 Å². The van der Waals surface area contributed by atoms with Gasteiger partial charge in [0.1, 0.15) is 0 Å². The van der Waals surface area contributed by atoms with E-state index in [0.29, 0.717) is 5.70 Å². The van der Waals surface area contributed by atoms with Gasteiger partial charge in [-0.05, 0) is 12.5 Å². The Bertz CT molecular complexity index is 158. The molecule has 0 atom stereocenters. The van der Waals surface area contributed by atoms with Gasteiger partial charge in [-0.2, -0.15) is 0 Å². The fourth-order valence-corrected chi connectivity index (χ4v) is 0.398. The molecule has 0 aliphatic rings. The predicted octanol–water partition coefficient (Wildman–Crippen LogP) is 1.43. The van der Waals surface area contributed by atoms with E-state index in [2.05, 4.69) is 5.92 Å². The highest BCUT2D eigenvalue weighted by Crippen LogP contribution is 1.87. The van der Waals surface area contributed by atoms with Crippen LogP contribution in [0.1, 0.15) is 13.3 Å². The molecule has 0 saturated heterocycles. The first kappa shape index (κ1) is 7.84. The van der Waals surface area contributed by atoms with E-state index in [-0.39, 0.29) is 0 Å². The lowest BCUT2D eigenvalue weighted by molar-refractivity contribution is 1.21. The summed E-state index contributed by atoms with van der Waals surface area (Å²) >= 11 is 0. The third kappa shape index (κ3) is 4.70. The average Bonchev–Trinajstić information content (AvgIpc) is 1.85. The number of terminal acetylenes is 1. The van der Waals surface area contributed by atoms with Crippen molar-refractivity contribution in [3.63, 3.8) is 0 Å². The van der Waals surface area contributed by atoms with E-state index in [1.54, 1.807) is 6.08 Å². The van der Waals surface area contributed by atoms with Gasteiger partial charge in [0.15, 0.2) is 0 Å². The zero-order valence-corrected chi connectivity index (χ0v) is 5.59. The minimum Gasteiger partial charge on any atom is -0.398 e. The number of hydrogen-bond donors (Lipinski definition) is 1. The van der Waals surface area contributed by atoms with Gasteiger partial charge in [0.2, 0.25) is 0 Å². The molecule has 0 bridgehead atoms. The average molecular weight is 121 g/mol. The summed E-state index contributed by atoms with van der Waals surface area (Å²) in [6, 6.07) is 0. The number of rotatable bonds is 2. The van der Waals surface area contributed by atoms with Crippen LogP contribution in [0.3, 0.4) is 0 Å². The van der Waals surface area contributed by atoms with E-state index in [1.165, 1.54) is 6.08 Å². The molecule has 0 unspecified atom stereocenters. The Kier molecular flexibility index (Phi) is 4.34. The summed E-state index contributed by atoms with van der Waals surface area (Å²) in [5.41, 5.74) is 6.04. The molecule has 0 radical (unpaired) electrons. The maximum atomic E-state index is 5.40. The standard InChI is InChI=1S/C8H11N/c1-3-5-7-8(9)6-4-2/h2,5-7H,3,9H2,1H3/b7-5-,8-6+. The molecule has 9 heavy (non-hydrogen) atoms. The summed E-state index contributed by atoms with van der Waals surface area (Å²) in [6.07, 6.45) is 11.2. The van der Waals surface area contributed by atoms with Crippen molar-refractivity contribution in [3.05, 3.63) is 23.9 Å². The van der Waals surface area contributed by atoms with Crippen molar-refractivity contribution in [3.8, 4) is 12.3 Å². The van der Waals surface area contributed by atoms with Gasteiger partial charge in [0, 0.05) is 11.8 Å². The molecule has 0 fully saturated rings. The highest BCUT2D eigenvalue weighted by molar-refractivity contribution is 5.23. The highest BCUT2D eigenvalue weighted by atomic mass is 14.5. The first-order chi connectivity index (χ1) is 4.31. The van der Waals surface area contributed by atoms with Crippen LogP contribution < -0.4 is 5.73 Å². The van der Waals surface area contributed by atoms with Gasteiger partial charge in [-0.25, -0.2) is 0 Å². The Labute approximate surface area is 56.3 Å². The quantitative estimate of drug-likeness (QED) is 0.434. The van der Waals surface area contributed by atoms with Crippen LogP contribution in [0.5, 0.6) is 0 Å². The molecule has 0 aromatic heterocycles. The molecule has 0 heterocycles. The van der Waals surface area contributed by atoms with Crippen LogP contribution in [-0.4, -0.2) is 0 Å². The van der Waals surface area contributed by atoms with Gasteiger partial charge in [0.05, 0.1) is 0 Å². The second-order valence-corrected chi connectivity index (χ2v) is 1.62. The van der Waals surface area contributed by atoms with Crippen LogP contribution in [-0.2, 0) is 0 Å². The Balaban J connectivity index is 3.79. The topological polar surface area (TPSA) is 26.0 Å². The van der Waals surface area contributed by atoms with E-state index in [4.69, 9.17) is 12.2 Å². The van der Waals surface area contributed by atoms with E-state index < -0.39 is 0 Å². The smallest absolute Gasteiger partial charge is 0.0395 e. The molecular formula is C8H11N. The summed E-state index contributed by atoms with van der Waals surface area (Å²) in [5.74, 6) is 2.34. The zero-order chi connectivity index (χ0) is 7.11. The Hall–Kier alpha value is -1.16. The van der Waals surface area contributed by atoms with Crippen molar-refractivity contribution in [1.82, 2.24) is 0 Å². The molecule has 0 aliphatic carbocycles. The molecule has 0 aromatic rings. The molecule has 48 valence electrons. The Morgan fingerprint density at radius 3 is 2.89 bits per heavy atom. The Morgan fingerprint density at radius 2 is 2.44 bits per heavy atom. The second kappa shape index (κ2) is 4.99. The van der Waals surface area contributed by atoms with E-state index >= 15 is 0 Å². The molecule has 0 aromatic carbocycles. The maximum absolute atomic E-state index is 5.40. The van der Waals surface area contributed by atoms with Crippen LogP contribution >= 0.6 is 0 Å². The van der Waals surface area contributed by atoms with E-state index in [9.17, 15) is 0 Å². The molecule has 0 aliphatic heterocycles. The van der Waals surface area contributed by atoms with Crippen molar-refractivity contribution in [2.45, 2.75) is 13.3 Å². The van der Waals surface area contributed by atoms with Crippen molar-refractivity contribution in [2.75, 3.05) is 0 Å². The SMILES string of the molecule is C#C/C=C(N)\C=C/CC. The normalized spacial score (nSPS) is 11.8. The van der Waals surface area contributed by atoms with Crippen LogP contribution in [0.2, 0.25) is 0 Å². The van der Waals surface area contributed by atoms with Crippen molar-refractivity contribution >= 4 is 0 Å². The number of allylic oxidation sites excluding steroid dienone is 3. The van der Waals surface area contributed by atoms with Gasteiger partial charge in [-0.1, -0.05) is 18.9 Å². The summed E-state index contributed by atoms with van der Waals surface area (Å²) in [6.45, 7) is 2.04. The summed E-state index contributed by atoms with van der Waals surface area (Å²) < 4.78 is 0. The largest absolute Gasteiger partial charge is 0.398 e. The van der Waals surface area contributed by atoms with Gasteiger partial charge in [-0.15, -0.1) is 6.42 Å². The first-order valence-corrected chi connectivity index (χ1v) is 2.89. The maximum Gasteiger partial charge on any atom is 0.0395 e. The van der Waals surface area contributed by atoms with Gasteiger partial charge < -0.3 is 5.73 Å². The van der Waals surface area contributed by atoms with E-state index in [0.717, 1.165) is 6.42 Å². The van der Waals surface area contributed by atoms with Gasteiger partial charge in [-0.3, -0.25) is 0 Å². The monoisotopic (exact) mass is 121 g/mol. The molecule has 0 rings (SSSR count). The fourth-order valence-electron chi connectivity index (χ4n) is 0.398. The molecule has 0 amide bonds. The lowest BCUT2D eigenvalue weighted by Gasteiger charge is -1.84. The number of hydrogen-bond acceptors (Lipinski definition) is 1. The van der Waals surface area contributed by atoms with Crippen LogP contribution in [0.4, 0.5) is 0 Å². The summed E-state index contributed by atoms with van der Waals surface area (Å²) in [5, 5.41) is 0. The molecule has 1 nitrogen and oxygen atoms in total. The second-order valence-electron chi connectivity index (χ2n) is 1.62. The number of nitrogens with two attached hydrogens (primary N) is 1. The predicted molar refractivity (Wildman–Crippen MR) is 40.5 cm³/mol. The lowest BCUT2D eigenvalue weighted by atomic mass is 10.3. The van der Waals surface area contributed by atoms with Crippen molar-refractivity contribution in [1.29, 1.82) is 0 Å². The highest BCUT2D eigenvalue weighted by Gasteiger charge is 1.74. The molecule has 0 spiro atoms. The summed E-state index contributed by atoms with van der Waals surface area (Å²) in [7, 11) is 0. The minimum absolute atomic E-state index is 0.638. The molecule has 1 heteroatoms. The Morgan fingerprint density at radius 1 is 1.78 bits per heavy atom. The minimum atomic E-state index is 0.638. The van der Waals surface area contributed by atoms with Crippen LogP contribution in [0, 0.1) is 12.3 Å². The summed E-state index contributed by atoms with van der Waals surface area (Å²) in [4.78, 5) is 0. The fraction of sp³-hybridized carbons (Fsp3) is 0.250. The third-order valence-electron chi connectivity index (χ3n) is 0.796. The lowest BCUT2D eigenvalue weighted by Crippen LogP contribution is -1.90. The molecule has 2 N–H and O–H groups in total. The molecular weight excluding hydrogens is 110 g/mol.